The van der Waals surface area contributed by atoms with Crippen LogP contribution < -0.4 is 5.73 Å². The van der Waals surface area contributed by atoms with Crippen molar-refractivity contribution in [2.45, 2.75) is 13.8 Å². The molecule has 0 aliphatic rings. The van der Waals surface area contributed by atoms with Crippen molar-refractivity contribution < 1.29 is 0 Å². The normalized spacial score (nSPS) is 11.1. The highest BCUT2D eigenvalue weighted by atomic mass is 32.1. The van der Waals surface area contributed by atoms with E-state index in [1.807, 2.05) is 11.5 Å². The molecular weight excluding hydrogens is 216 g/mol. The Morgan fingerprint density at radius 3 is 2.69 bits per heavy atom. The van der Waals surface area contributed by atoms with Crippen LogP contribution in [0.15, 0.2) is 23.6 Å². The zero-order valence-electron chi connectivity index (χ0n) is 9.40. The van der Waals surface area contributed by atoms with Gasteiger partial charge in [-0.2, -0.15) is 0 Å². The molecule has 2 rings (SSSR count). The molecule has 1 heterocycles. The number of benzene rings is 1. The van der Waals surface area contributed by atoms with E-state index < -0.39 is 0 Å². The van der Waals surface area contributed by atoms with Crippen LogP contribution in [0, 0.1) is 13.8 Å². The summed E-state index contributed by atoms with van der Waals surface area (Å²) in [5.74, 6) is 0. The summed E-state index contributed by atoms with van der Waals surface area (Å²) in [7, 11) is 0. The van der Waals surface area contributed by atoms with E-state index >= 15 is 0 Å². The van der Waals surface area contributed by atoms with Gasteiger partial charge in [-0.1, -0.05) is 29.8 Å². The highest BCUT2D eigenvalue weighted by Crippen LogP contribution is 2.16. The first-order valence-corrected chi connectivity index (χ1v) is 5.99. The molecular formula is C13H14N2S. The fraction of sp³-hybridized carbons (Fsp3) is 0.154. The fourth-order valence-electron chi connectivity index (χ4n) is 1.57. The molecule has 16 heavy (non-hydrogen) atoms. The molecule has 0 saturated heterocycles. The average Bonchev–Trinajstić information content (AvgIpc) is 2.63. The second kappa shape index (κ2) is 4.49. The lowest BCUT2D eigenvalue weighted by Gasteiger charge is -2.00. The number of rotatable bonds is 2. The number of nitrogens with two attached hydrogens (primary N) is 1. The third-order valence-corrected chi connectivity index (χ3v) is 3.09. The molecule has 0 aliphatic heterocycles. The largest absolute Gasteiger partial charge is 0.375 e. The monoisotopic (exact) mass is 230 g/mol. The summed E-state index contributed by atoms with van der Waals surface area (Å²) in [6.07, 6.45) is 4.06. The molecule has 82 valence electrons. The van der Waals surface area contributed by atoms with Gasteiger partial charge in [-0.25, -0.2) is 4.98 Å². The molecule has 0 unspecified atom stereocenters. The minimum Gasteiger partial charge on any atom is -0.375 e. The minimum absolute atomic E-state index is 0.611. The summed E-state index contributed by atoms with van der Waals surface area (Å²) in [5.41, 5.74) is 10.3. The van der Waals surface area contributed by atoms with Crippen LogP contribution in [0.5, 0.6) is 0 Å². The Hall–Kier alpha value is -1.61. The van der Waals surface area contributed by atoms with E-state index in [4.69, 9.17) is 5.73 Å². The van der Waals surface area contributed by atoms with Gasteiger partial charge in [0.1, 0.15) is 0 Å². The second-order valence-corrected chi connectivity index (χ2v) is 4.69. The van der Waals surface area contributed by atoms with Crippen molar-refractivity contribution in [1.29, 1.82) is 0 Å². The van der Waals surface area contributed by atoms with Crippen molar-refractivity contribution in [3.05, 3.63) is 46.0 Å². The Morgan fingerprint density at radius 1 is 1.25 bits per heavy atom. The van der Waals surface area contributed by atoms with Crippen LogP contribution in [0.2, 0.25) is 0 Å². The minimum atomic E-state index is 0.611. The van der Waals surface area contributed by atoms with Crippen LogP contribution in [0.25, 0.3) is 12.2 Å². The summed E-state index contributed by atoms with van der Waals surface area (Å²) in [6.45, 7) is 4.21. The van der Waals surface area contributed by atoms with Gasteiger partial charge in [-0.15, -0.1) is 11.3 Å². The Bertz CT molecular complexity index is 526. The van der Waals surface area contributed by atoms with Gasteiger partial charge in [-0.3, -0.25) is 0 Å². The lowest BCUT2D eigenvalue weighted by atomic mass is 10.1. The van der Waals surface area contributed by atoms with Crippen molar-refractivity contribution >= 4 is 28.6 Å². The van der Waals surface area contributed by atoms with Crippen molar-refractivity contribution in [3.63, 3.8) is 0 Å². The zero-order chi connectivity index (χ0) is 11.5. The van der Waals surface area contributed by atoms with Crippen molar-refractivity contribution in [2.75, 3.05) is 5.73 Å². The molecule has 0 fully saturated rings. The van der Waals surface area contributed by atoms with Crippen LogP contribution >= 0.6 is 11.3 Å². The number of hydrogen-bond acceptors (Lipinski definition) is 3. The molecule has 0 bridgehead atoms. The maximum Gasteiger partial charge on any atom is 0.180 e. The predicted molar refractivity (Wildman–Crippen MR) is 71.4 cm³/mol. The molecule has 0 spiro atoms. The van der Waals surface area contributed by atoms with Gasteiger partial charge >= 0.3 is 0 Å². The van der Waals surface area contributed by atoms with Gasteiger partial charge in [0, 0.05) is 5.38 Å². The quantitative estimate of drug-likeness (QED) is 0.857. The van der Waals surface area contributed by atoms with Crippen molar-refractivity contribution in [2.24, 2.45) is 0 Å². The molecule has 1 aromatic carbocycles. The van der Waals surface area contributed by atoms with Crippen LogP contribution in [0.3, 0.4) is 0 Å². The molecule has 2 aromatic rings. The molecule has 0 atom stereocenters. The summed E-state index contributed by atoms with van der Waals surface area (Å²) in [5, 5.41) is 2.57. The average molecular weight is 230 g/mol. The topological polar surface area (TPSA) is 38.9 Å². The number of hydrogen-bond donors (Lipinski definition) is 1. The maximum atomic E-state index is 5.57. The van der Waals surface area contributed by atoms with E-state index in [9.17, 15) is 0 Å². The highest BCUT2D eigenvalue weighted by molar-refractivity contribution is 7.13. The van der Waals surface area contributed by atoms with E-state index in [2.05, 4.69) is 43.1 Å². The van der Waals surface area contributed by atoms with Gasteiger partial charge in [0.25, 0.3) is 0 Å². The van der Waals surface area contributed by atoms with Crippen molar-refractivity contribution in [3.8, 4) is 0 Å². The number of nitrogen functional groups attached to an aromatic ring is 1. The molecule has 3 heteroatoms. The lowest BCUT2D eigenvalue weighted by molar-refractivity contribution is 1.36. The van der Waals surface area contributed by atoms with Gasteiger partial charge in [0.05, 0.1) is 5.69 Å². The van der Waals surface area contributed by atoms with Gasteiger partial charge in [0.15, 0.2) is 5.13 Å². The SMILES string of the molecule is Cc1ccc(C=Cc2csc(N)n2)c(C)c1. The summed E-state index contributed by atoms with van der Waals surface area (Å²) in [6, 6.07) is 6.41. The first-order chi connectivity index (χ1) is 7.65. The first-order valence-electron chi connectivity index (χ1n) is 5.11. The number of aryl methyl sites for hydroxylation is 2. The van der Waals surface area contributed by atoms with E-state index in [1.54, 1.807) is 0 Å². The molecule has 2 nitrogen and oxygen atoms in total. The smallest absolute Gasteiger partial charge is 0.180 e. The summed E-state index contributed by atoms with van der Waals surface area (Å²) >= 11 is 1.46. The molecule has 0 aliphatic carbocycles. The fourth-order valence-corrected chi connectivity index (χ4v) is 2.10. The Labute approximate surface area is 99.5 Å². The number of nitrogens with zero attached hydrogens (tertiary/aromatic N) is 1. The maximum absolute atomic E-state index is 5.57. The zero-order valence-corrected chi connectivity index (χ0v) is 10.2. The van der Waals surface area contributed by atoms with E-state index in [0.717, 1.165) is 5.69 Å². The van der Waals surface area contributed by atoms with Crippen molar-refractivity contribution in [1.82, 2.24) is 4.98 Å². The Kier molecular flexibility index (Phi) is 3.06. The summed E-state index contributed by atoms with van der Waals surface area (Å²) < 4.78 is 0. The second-order valence-electron chi connectivity index (χ2n) is 3.80. The van der Waals surface area contributed by atoms with E-state index in [0.29, 0.717) is 5.13 Å². The van der Waals surface area contributed by atoms with Crippen LogP contribution in [-0.4, -0.2) is 4.98 Å². The Morgan fingerprint density at radius 2 is 2.06 bits per heavy atom. The third kappa shape index (κ3) is 2.49. The predicted octanol–water partition coefficient (Wildman–Crippen LogP) is 3.51. The van der Waals surface area contributed by atoms with Gasteiger partial charge in [-0.05, 0) is 31.1 Å². The van der Waals surface area contributed by atoms with Gasteiger partial charge in [0.2, 0.25) is 0 Å². The molecule has 2 N–H and O–H groups in total. The number of aromatic nitrogens is 1. The molecule has 0 radical (unpaired) electrons. The highest BCUT2D eigenvalue weighted by Gasteiger charge is 1.96. The summed E-state index contributed by atoms with van der Waals surface area (Å²) in [4.78, 5) is 4.18. The molecule has 0 amide bonds. The van der Waals surface area contributed by atoms with Crippen LogP contribution in [-0.2, 0) is 0 Å². The Balaban J connectivity index is 2.23. The number of thiazole rings is 1. The molecule has 0 saturated carbocycles. The van der Waals surface area contributed by atoms with E-state index in [1.165, 1.54) is 28.0 Å². The lowest BCUT2D eigenvalue weighted by Crippen LogP contribution is -1.83. The number of anilines is 1. The van der Waals surface area contributed by atoms with E-state index in [-0.39, 0.29) is 0 Å². The molecule has 1 aromatic heterocycles. The third-order valence-electron chi connectivity index (χ3n) is 2.40. The first kappa shape index (κ1) is 10.9. The van der Waals surface area contributed by atoms with Crippen LogP contribution in [0.4, 0.5) is 5.13 Å². The van der Waals surface area contributed by atoms with Gasteiger partial charge < -0.3 is 5.73 Å². The standard InChI is InChI=1S/C13H14N2S/c1-9-3-4-11(10(2)7-9)5-6-12-8-16-13(14)15-12/h3-8H,1-2H3,(H2,14,15). The van der Waals surface area contributed by atoms with Crippen LogP contribution in [0.1, 0.15) is 22.4 Å².